The molecule has 18 nitrogen and oxygen atoms in total. The van der Waals surface area contributed by atoms with E-state index in [1.807, 2.05) is 0 Å². The molecule has 0 amide bonds. The van der Waals surface area contributed by atoms with Gasteiger partial charge in [-0.3, -0.25) is 41.8 Å². The zero-order chi connectivity index (χ0) is 30.4. The molecule has 0 aliphatic rings. The molecule has 0 aliphatic carbocycles. The molecule has 0 spiro atoms. The van der Waals surface area contributed by atoms with E-state index in [9.17, 15) is 28.8 Å². The Morgan fingerprint density at radius 3 is 1.24 bits per heavy atom. The molecule has 0 aliphatic heterocycles. The second-order valence-corrected chi connectivity index (χ2v) is 10.3. The quantitative estimate of drug-likeness (QED) is 0.204. The first-order valence-corrected chi connectivity index (χ1v) is 12.7. The Kier molecular flexibility index (Phi) is 5.70. The topological polar surface area (TPSA) is 185 Å². The molecule has 6 heterocycles. The standard InChI is InChI=1S/C24H26N12O6/c1-28-9-25-16-13(28)19(37)34(22(40)31(16)4)7-12(36-21(39)15-18(27-11-30(15)3)33(6)24(36)42)8-35-20(38)14-17(26-10-29(14)2)32(5)23(35)41/h9-12H,7-8H2,1-6H3. The maximum absolute atomic E-state index is 13.8. The van der Waals surface area contributed by atoms with E-state index in [1.54, 1.807) is 21.1 Å². The van der Waals surface area contributed by atoms with Crippen LogP contribution in [0, 0.1) is 0 Å². The first-order valence-electron chi connectivity index (χ1n) is 12.7. The van der Waals surface area contributed by atoms with Crippen LogP contribution in [0.1, 0.15) is 6.04 Å². The fourth-order valence-corrected chi connectivity index (χ4v) is 5.44. The summed E-state index contributed by atoms with van der Waals surface area (Å²) in [6.07, 6.45) is 4.14. The third-order valence-electron chi connectivity index (χ3n) is 7.70. The molecule has 0 aromatic carbocycles. The van der Waals surface area contributed by atoms with Crippen molar-refractivity contribution in [3.63, 3.8) is 0 Å². The molecule has 218 valence electrons. The van der Waals surface area contributed by atoms with Gasteiger partial charge in [0.1, 0.15) is 0 Å². The number of fused-ring (bicyclic) bond motifs is 3. The third-order valence-corrected chi connectivity index (χ3v) is 7.70. The Morgan fingerprint density at radius 1 is 0.524 bits per heavy atom. The molecule has 0 radical (unpaired) electrons. The Labute approximate surface area is 232 Å². The molecule has 0 atom stereocenters. The van der Waals surface area contributed by atoms with Gasteiger partial charge in [-0.05, 0) is 0 Å². The van der Waals surface area contributed by atoms with Crippen molar-refractivity contribution < 1.29 is 0 Å². The van der Waals surface area contributed by atoms with E-state index >= 15 is 0 Å². The minimum Gasteiger partial charge on any atom is -0.328 e. The Morgan fingerprint density at radius 2 is 0.857 bits per heavy atom. The van der Waals surface area contributed by atoms with E-state index in [-0.39, 0.29) is 33.5 Å². The largest absolute Gasteiger partial charge is 0.332 e. The van der Waals surface area contributed by atoms with Crippen molar-refractivity contribution in [2.45, 2.75) is 19.1 Å². The van der Waals surface area contributed by atoms with Crippen LogP contribution in [0.15, 0.2) is 47.7 Å². The van der Waals surface area contributed by atoms with Crippen LogP contribution in [0.25, 0.3) is 33.5 Å². The number of hydrogen-bond donors (Lipinski definition) is 0. The summed E-state index contributed by atoms with van der Waals surface area (Å²) in [4.78, 5) is 93.9. The second kappa shape index (κ2) is 8.98. The number of rotatable bonds is 5. The zero-order valence-electron chi connectivity index (χ0n) is 23.5. The summed E-state index contributed by atoms with van der Waals surface area (Å²) in [5, 5.41) is 0. The minimum absolute atomic E-state index is 0.0757. The average molecular weight is 579 g/mol. The van der Waals surface area contributed by atoms with Gasteiger partial charge in [0.05, 0.1) is 38.1 Å². The lowest BCUT2D eigenvalue weighted by molar-refractivity contribution is 0.332. The highest BCUT2D eigenvalue weighted by molar-refractivity contribution is 5.71. The number of aromatic nitrogens is 12. The Hall–Kier alpha value is -5.55. The highest BCUT2D eigenvalue weighted by Gasteiger charge is 2.27. The lowest BCUT2D eigenvalue weighted by Gasteiger charge is -2.22. The maximum Gasteiger partial charge on any atom is 0.332 e. The molecule has 0 bridgehead atoms. The summed E-state index contributed by atoms with van der Waals surface area (Å²) in [6.45, 7) is -1.05. The first kappa shape index (κ1) is 26.7. The summed E-state index contributed by atoms with van der Waals surface area (Å²) >= 11 is 0. The second-order valence-electron chi connectivity index (χ2n) is 10.3. The maximum atomic E-state index is 13.8. The van der Waals surface area contributed by atoms with Crippen LogP contribution in [0.4, 0.5) is 0 Å². The molecule has 0 unspecified atom stereocenters. The number of aryl methyl sites for hydroxylation is 6. The van der Waals surface area contributed by atoms with Gasteiger partial charge in [-0.25, -0.2) is 29.3 Å². The fourth-order valence-electron chi connectivity index (χ4n) is 5.44. The Balaban J connectivity index is 1.67. The van der Waals surface area contributed by atoms with E-state index in [2.05, 4.69) is 15.0 Å². The molecular weight excluding hydrogens is 552 g/mol. The number of hydrogen-bond acceptors (Lipinski definition) is 9. The van der Waals surface area contributed by atoms with Crippen LogP contribution in [0.3, 0.4) is 0 Å². The van der Waals surface area contributed by atoms with Gasteiger partial charge in [0, 0.05) is 42.3 Å². The van der Waals surface area contributed by atoms with Crippen LogP contribution in [0.2, 0.25) is 0 Å². The molecular formula is C24H26N12O6. The zero-order valence-corrected chi connectivity index (χ0v) is 23.5. The van der Waals surface area contributed by atoms with Gasteiger partial charge in [-0.2, -0.15) is 0 Å². The lowest BCUT2D eigenvalue weighted by Crippen LogP contribution is -2.50. The molecule has 6 rings (SSSR count). The number of nitrogens with zero attached hydrogens (tertiary/aromatic N) is 12. The van der Waals surface area contributed by atoms with Crippen LogP contribution in [-0.2, 0) is 55.4 Å². The van der Waals surface area contributed by atoms with E-state index in [0.717, 1.165) is 18.3 Å². The molecule has 0 fully saturated rings. The van der Waals surface area contributed by atoms with Crippen LogP contribution < -0.4 is 33.7 Å². The smallest absolute Gasteiger partial charge is 0.328 e. The van der Waals surface area contributed by atoms with E-state index in [4.69, 9.17) is 0 Å². The van der Waals surface area contributed by atoms with Gasteiger partial charge < -0.3 is 13.7 Å². The summed E-state index contributed by atoms with van der Waals surface area (Å²) < 4.78 is 10.4. The van der Waals surface area contributed by atoms with Gasteiger partial charge in [0.25, 0.3) is 16.7 Å². The third kappa shape index (κ3) is 3.47. The molecule has 18 heteroatoms. The minimum atomic E-state index is -1.34. The molecule has 0 saturated carbocycles. The van der Waals surface area contributed by atoms with Crippen molar-refractivity contribution in [2.24, 2.45) is 42.3 Å². The molecule has 0 N–H and O–H groups in total. The summed E-state index contributed by atoms with van der Waals surface area (Å²) in [5.74, 6) is 0. The van der Waals surface area contributed by atoms with Gasteiger partial charge in [-0.1, -0.05) is 0 Å². The van der Waals surface area contributed by atoms with Gasteiger partial charge in [0.15, 0.2) is 33.5 Å². The predicted octanol–water partition coefficient (Wildman–Crippen LogP) is -3.13. The highest BCUT2D eigenvalue weighted by atomic mass is 16.2. The molecule has 6 aromatic heterocycles. The summed E-state index contributed by atoms with van der Waals surface area (Å²) in [7, 11) is 9.05. The fraction of sp³-hybridized carbons (Fsp3) is 0.375. The first-order chi connectivity index (χ1) is 19.8. The molecule has 0 saturated heterocycles. The number of imidazole rings is 3. The van der Waals surface area contributed by atoms with Gasteiger partial charge in [0.2, 0.25) is 0 Å². The van der Waals surface area contributed by atoms with Crippen molar-refractivity contribution in [3.05, 3.63) is 81.5 Å². The molecule has 42 heavy (non-hydrogen) atoms. The van der Waals surface area contributed by atoms with Crippen molar-refractivity contribution in [2.75, 3.05) is 0 Å². The van der Waals surface area contributed by atoms with Crippen LogP contribution in [-0.4, -0.2) is 56.1 Å². The lowest BCUT2D eigenvalue weighted by atomic mass is 10.2. The SMILES string of the molecule is Cn1cnc2c1c(=O)n(CC(Cn1c(=O)c3c(ncn3C)n(C)c1=O)n1c(=O)c3c(ncn3C)n(C)c1=O)c(=O)n2C. The summed E-state index contributed by atoms with van der Waals surface area (Å²) in [5.41, 5.74) is -3.81. The van der Waals surface area contributed by atoms with E-state index in [1.165, 1.54) is 63.0 Å². The van der Waals surface area contributed by atoms with Crippen LogP contribution >= 0.6 is 0 Å². The monoisotopic (exact) mass is 578 g/mol. The highest BCUT2D eigenvalue weighted by Crippen LogP contribution is 2.12. The van der Waals surface area contributed by atoms with Crippen molar-refractivity contribution in [1.82, 2.24) is 56.1 Å². The summed E-state index contributed by atoms with van der Waals surface area (Å²) in [6, 6.07) is -1.34. The normalized spacial score (nSPS) is 12.1. The predicted molar refractivity (Wildman–Crippen MR) is 150 cm³/mol. The van der Waals surface area contributed by atoms with Crippen molar-refractivity contribution >= 4 is 33.5 Å². The van der Waals surface area contributed by atoms with Crippen LogP contribution in [0.5, 0.6) is 0 Å². The van der Waals surface area contributed by atoms with Crippen molar-refractivity contribution in [1.29, 1.82) is 0 Å². The Bertz CT molecular complexity index is 2350. The molecule has 6 aromatic rings. The van der Waals surface area contributed by atoms with E-state index in [0.29, 0.717) is 0 Å². The van der Waals surface area contributed by atoms with Gasteiger partial charge in [-0.15, -0.1) is 0 Å². The van der Waals surface area contributed by atoms with Crippen molar-refractivity contribution in [3.8, 4) is 0 Å². The van der Waals surface area contributed by atoms with Gasteiger partial charge >= 0.3 is 17.1 Å². The average Bonchev–Trinajstić information content (AvgIpc) is 3.66. The van der Waals surface area contributed by atoms with E-state index < -0.39 is 52.9 Å².